The third-order valence-corrected chi connectivity index (χ3v) is 7.19. The van der Waals surface area contributed by atoms with Gasteiger partial charge in [-0.05, 0) is 42.4 Å². The van der Waals surface area contributed by atoms with Gasteiger partial charge in [0.15, 0.2) is 6.10 Å². The second-order valence-electron chi connectivity index (χ2n) is 9.78. The minimum absolute atomic E-state index is 0.0159. The van der Waals surface area contributed by atoms with Crippen LogP contribution < -0.4 is 16.0 Å². The van der Waals surface area contributed by atoms with Crippen LogP contribution in [0.4, 0.5) is 0 Å². The average Bonchev–Trinajstić information content (AvgIpc) is 3.56. The van der Waals surface area contributed by atoms with Crippen LogP contribution >= 0.6 is 0 Å². The molecule has 0 bridgehead atoms. The molecule has 2 heterocycles. The summed E-state index contributed by atoms with van der Waals surface area (Å²) in [5, 5.41) is 21.0. The number of aliphatic hydroxyl groups is 1. The summed E-state index contributed by atoms with van der Waals surface area (Å²) < 4.78 is 5.21. The molecule has 1 amide bonds. The van der Waals surface area contributed by atoms with Crippen molar-refractivity contribution in [2.75, 3.05) is 13.1 Å². The summed E-state index contributed by atoms with van der Waals surface area (Å²) in [5.74, 6) is -0.177. The summed E-state index contributed by atoms with van der Waals surface area (Å²) >= 11 is 0. The number of hydrogen-bond acceptors (Lipinski definition) is 7. The molecule has 0 aromatic heterocycles. The summed E-state index contributed by atoms with van der Waals surface area (Å²) in [7, 11) is 0. The Balaban J connectivity index is 1.33. The molecule has 3 aliphatic rings. The average molecular weight is 475 g/mol. The predicted molar refractivity (Wildman–Crippen MR) is 130 cm³/mol. The van der Waals surface area contributed by atoms with Crippen LogP contribution in [0.1, 0.15) is 101 Å². The van der Waals surface area contributed by atoms with Gasteiger partial charge in [0.05, 0.1) is 6.04 Å². The largest absolute Gasteiger partial charge is 0.356 e. The van der Waals surface area contributed by atoms with Gasteiger partial charge in [-0.15, -0.1) is 0 Å². The van der Waals surface area contributed by atoms with Crippen molar-refractivity contribution in [3.05, 3.63) is 34.9 Å². The van der Waals surface area contributed by atoms with E-state index < -0.39 is 12.5 Å². The molecule has 2 saturated heterocycles. The van der Waals surface area contributed by atoms with E-state index in [1.165, 1.54) is 55.2 Å². The molecule has 0 spiro atoms. The van der Waals surface area contributed by atoms with Gasteiger partial charge < -0.3 is 15.2 Å². The predicted octanol–water partition coefficient (Wildman–Crippen LogP) is 3.38. The first-order valence-corrected chi connectivity index (χ1v) is 13.3. The first kappa shape index (κ1) is 25.5. The number of fused-ring (bicyclic) bond motifs is 1. The van der Waals surface area contributed by atoms with E-state index in [1.54, 1.807) is 0 Å². The zero-order valence-electron chi connectivity index (χ0n) is 20.7. The monoisotopic (exact) mass is 474 g/mol. The normalized spacial score (nSPS) is 29.0. The van der Waals surface area contributed by atoms with Crippen molar-refractivity contribution in [3.63, 3.8) is 0 Å². The summed E-state index contributed by atoms with van der Waals surface area (Å²) in [6.45, 7) is 5.65. The Morgan fingerprint density at radius 2 is 1.97 bits per heavy atom. The maximum atomic E-state index is 12.5. The number of rotatable bonds is 12. The van der Waals surface area contributed by atoms with Gasteiger partial charge in [0.1, 0.15) is 12.4 Å². The fraction of sp³-hybridized carbons (Fsp3) is 0.731. The SMILES string of the molecule is CCCCCCCCCN1OC(CC)NC1c1ccc2c(c1)CC[C@H]2NC(=O)C1CNC(O)O1. The highest BCUT2D eigenvalue weighted by molar-refractivity contribution is 5.82. The van der Waals surface area contributed by atoms with Crippen molar-refractivity contribution in [1.82, 2.24) is 21.0 Å². The summed E-state index contributed by atoms with van der Waals surface area (Å²) in [6.07, 6.45) is 10.1. The molecule has 0 radical (unpaired) electrons. The number of benzene rings is 1. The van der Waals surface area contributed by atoms with Gasteiger partial charge in [-0.25, -0.2) is 0 Å². The summed E-state index contributed by atoms with van der Waals surface area (Å²) in [6, 6.07) is 6.57. The molecule has 2 aliphatic heterocycles. The Bertz CT molecular complexity index is 807. The van der Waals surface area contributed by atoms with E-state index in [0.717, 1.165) is 32.2 Å². The number of carbonyl (C=O) groups is 1. The van der Waals surface area contributed by atoms with Crippen molar-refractivity contribution in [2.24, 2.45) is 0 Å². The molecule has 0 saturated carbocycles. The molecule has 1 aliphatic carbocycles. The quantitative estimate of drug-likeness (QED) is 0.345. The lowest BCUT2D eigenvalue weighted by atomic mass is 10.0. The summed E-state index contributed by atoms with van der Waals surface area (Å²) in [4.78, 5) is 18.7. The molecule has 4 N–H and O–H groups in total. The molecule has 1 aromatic rings. The van der Waals surface area contributed by atoms with Gasteiger partial charge in [0, 0.05) is 13.1 Å². The van der Waals surface area contributed by atoms with Crippen LogP contribution in [-0.4, -0.2) is 47.9 Å². The minimum atomic E-state index is -1.06. The van der Waals surface area contributed by atoms with Crippen LogP contribution in [0.5, 0.6) is 0 Å². The van der Waals surface area contributed by atoms with Crippen LogP contribution in [0, 0.1) is 0 Å². The molecule has 190 valence electrons. The maximum absolute atomic E-state index is 12.5. The van der Waals surface area contributed by atoms with Crippen LogP contribution in [0.2, 0.25) is 0 Å². The fourth-order valence-corrected chi connectivity index (χ4v) is 5.21. The number of aryl methyl sites for hydroxylation is 1. The van der Waals surface area contributed by atoms with Crippen molar-refractivity contribution < 1.29 is 19.5 Å². The zero-order chi connectivity index (χ0) is 23.9. The Morgan fingerprint density at radius 1 is 1.18 bits per heavy atom. The second-order valence-corrected chi connectivity index (χ2v) is 9.78. The number of nitrogens with zero attached hydrogens (tertiary/aromatic N) is 1. The maximum Gasteiger partial charge on any atom is 0.251 e. The molecule has 5 atom stereocenters. The lowest BCUT2D eigenvalue weighted by Crippen LogP contribution is -2.38. The Morgan fingerprint density at radius 3 is 2.71 bits per heavy atom. The number of hydrogen-bond donors (Lipinski definition) is 4. The number of amides is 1. The van der Waals surface area contributed by atoms with E-state index in [-0.39, 0.29) is 24.3 Å². The van der Waals surface area contributed by atoms with Crippen molar-refractivity contribution >= 4 is 5.91 Å². The van der Waals surface area contributed by atoms with Crippen molar-refractivity contribution in [2.45, 2.75) is 109 Å². The van der Waals surface area contributed by atoms with E-state index in [4.69, 9.17) is 9.57 Å². The van der Waals surface area contributed by atoms with Crippen molar-refractivity contribution in [3.8, 4) is 0 Å². The van der Waals surface area contributed by atoms with Crippen LogP contribution in [0.25, 0.3) is 0 Å². The molecule has 8 nitrogen and oxygen atoms in total. The lowest BCUT2D eigenvalue weighted by molar-refractivity contribution is -0.164. The molecular weight excluding hydrogens is 432 g/mol. The highest BCUT2D eigenvalue weighted by atomic mass is 16.7. The number of unbranched alkanes of at least 4 members (excludes halogenated alkanes) is 6. The smallest absolute Gasteiger partial charge is 0.251 e. The van der Waals surface area contributed by atoms with E-state index >= 15 is 0 Å². The highest BCUT2D eigenvalue weighted by Crippen LogP contribution is 2.35. The topological polar surface area (TPSA) is 95.1 Å². The van der Waals surface area contributed by atoms with Gasteiger partial charge in [-0.2, -0.15) is 5.06 Å². The number of ether oxygens (including phenoxy) is 1. The van der Waals surface area contributed by atoms with E-state index in [2.05, 4.69) is 53.1 Å². The molecule has 34 heavy (non-hydrogen) atoms. The molecule has 4 unspecified atom stereocenters. The first-order chi connectivity index (χ1) is 16.6. The van der Waals surface area contributed by atoms with Crippen molar-refractivity contribution in [1.29, 1.82) is 0 Å². The molecule has 1 aromatic carbocycles. The lowest BCUT2D eigenvalue weighted by Gasteiger charge is -2.23. The number of hydroxylamine groups is 2. The van der Waals surface area contributed by atoms with Crippen LogP contribution in [0.3, 0.4) is 0 Å². The van der Waals surface area contributed by atoms with Gasteiger partial charge in [-0.3, -0.25) is 20.3 Å². The molecule has 4 rings (SSSR count). The third-order valence-electron chi connectivity index (χ3n) is 7.19. The van der Waals surface area contributed by atoms with Gasteiger partial charge >= 0.3 is 0 Å². The second kappa shape index (κ2) is 12.4. The first-order valence-electron chi connectivity index (χ1n) is 13.3. The molecule has 2 fully saturated rings. The summed E-state index contributed by atoms with van der Waals surface area (Å²) in [5.41, 5.74) is 3.68. The molecule has 8 heteroatoms. The van der Waals surface area contributed by atoms with E-state index in [9.17, 15) is 9.90 Å². The minimum Gasteiger partial charge on any atom is -0.356 e. The third kappa shape index (κ3) is 6.36. The van der Waals surface area contributed by atoms with Gasteiger partial charge in [0.2, 0.25) is 6.41 Å². The number of carbonyl (C=O) groups excluding carboxylic acids is 1. The van der Waals surface area contributed by atoms with Gasteiger partial charge in [-0.1, -0.05) is 70.6 Å². The highest BCUT2D eigenvalue weighted by Gasteiger charge is 2.35. The fourth-order valence-electron chi connectivity index (χ4n) is 5.21. The Hall–Kier alpha value is -1.55. The zero-order valence-corrected chi connectivity index (χ0v) is 20.7. The Kier molecular flexibility index (Phi) is 9.33. The van der Waals surface area contributed by atoms with Gasteiger partial charge in [0.25, 0.3) is 5.91 Å². The van der Waals surface area contributed by atoms with E-state index in [1.807, 2.05) is 0 Å². The molecular formula is C26H42N4O4. The standard InChI is InChI=1S/C26H42N4O4/c1-3-5-6-7-8-9-10-15-30-24(29-23(4-2)34-30)19-11-13-20-18(16-19)12-14-21(20)28-25(31)22-17-27-26(32)33-22/h11,13,16,21-24,26-27,29,32H,3-10,12,14-15,17H2,1-2H3,(H,28,31)/t21-,22?,23?,24?,26?/m1/s1. The van der Waals surface area contributed by atoms with E-state index in [0.29, 0.717) is 6.54 Å². The van der Waals surface area contributed by atoms with Crippen LogP contribution in [-0.2, 0) is 20.8 Å². The Labute approximate surface area is 203 Å². The number of nitrogens with one attached hydrogen (secondary N) is 3. The van der Waals surface area contributed by atoms with Crippen LogP contribution in [0.15, 0.2) is 18.2 Å². The number of aliphatic hydroxyl groups excluding tert-OH is 1.